The van der Waals surface area contributed by atoms with Crippen LogP contribution in [0, 0.1) is 0 Å². The van der Waals surface area contributed by atoms with Gasteiger partial charge in [-0.2, -0.15) is 0 Å². The van der Waals surface area contributed by atoms with Crippen molar-refractivity contribution >= 4 is 53.2 Å². The molecule has 1 aliphatic heterocycles. The van der Waals surface area contributed by atoms with Crippen LogP contribution in [0.5, 0.6) is 0 Å². The van der Waals surface area contributed by atoms with Crippen molar-refractivity contribution in [2.24, 2.45) is 0 Å². The molecule has 0 aromatic rings. The van der Waals surface area contributed by atoms with Gasteiger partial charge in [0.2, 0.25) is 23.6 Å². The van der Waals surface area contributed by atoms with Crippen LogP contribution >= 0.6 is 11.8 Å². The number of ether oxygens (including phenoxy) is 1. The third-order valence-electron chi connectivity index (χ3n) is 5.29. The average Bonchev–Trinajstić information content (AvgIpc) is 3.22. The van der Waals surface area contributed by atoms with Crippen LogP contribution in [0.25, 0.3) is 0 Å². The quantitative estimate of drug-likeness (QED) is 0.0658. The zero-order chi connectivity index (χ0) is 28.2. The zero-order valence-electron chi connectivity index (χ0n) is 21.7. The first-order chi connectivity index (χ1) is 18.2. The van der Waals surface area contributed by atoms with Gasteiger partial charge in [-0.25, -0.2) is 0 Å². The number of carbonyl (C=O) groups is 7. The molecule has 38 heavy (non-hydrogen) atoms. The van der Waals surface area contributed by atoms with Gasteiger partial charge in [0.25, 0.3) is 11.8 Å². The van der Waals surface area contributed by atoms with Crippen LogP contribution in [0.3, 0.4) is 0 Å². The number of hydrogen-bond donors (Lipinski definition) is 4. The van der Waals surface area contributed by atoms with Gasteiger partial charge < -0.3 is 26.0 Å². The van der Waals surface area contributed by atoms with Crippen LogP contribution in [-0.4, -0.2) is 91.2 Å². The molecule has 0 fully saturated rings. The maximum absolute atomic E-state index is 11.8. The molecule has 0 spiro atoms. The lowest BCUT2D eigenvalue weighted by molar-refractivity contribution is -0.141. The van der Waals surface area contributed by atoms with Gasteiger partial charge in [-0.3, -0.25) is 38.5 Å². The Kier molecular flexibility index (Phi) is 16.9. The highest BCUT2D eigenvalue weighted by molar-refractivity contribution is 7.99. The lowest BCUT2D eigenvalue weighted by atomic mass is 10.2. The Morgan fingerprint density at radius 1 is 0.711 bits per heavy atom. The Labute approximate surface area is 226 Å². The average molecular weight is 556 g/mol. The second-order valence-electron chi connectivity index (χ2n) is 8.34. The van der Waals surface area contributed by atoms with Crippen LogP contribution in [0.15, 0.2) is 12.2 Å². The van der Waals surface area contributed by atoms with E-state index in [1.807, 2.05) is 0 Å². The van der Waals surface area contributed by atoms with E-state index in [0.29, 0.717) is 38.1 Å². The molecule has 0 bridgehead atoms. The molecule has 0 aliphatic carbocycles. The topological polar surface area (TPSA) is 180 Å². The molecule has 0 saturated carbocycles. The van der Waals surface area contributed by atoms with Crippen LogP contribution in [0.1, 0.15) is 51.4 Å². The van der Waals surface area contributed by atoms with Crippen molar-refractivity contribution in [1.29, 1.82) is 0 Å². The lowest BCUT2D eigenvalue weighted by Crippen LogP contribution is -2.44. The van der Waals surface area contributed by atoms with Crippen molar-refractivity contribution in [1.82, 2.24) is 26.2 Å². The molecule has 212 valence electrons. The van der Waals surface area contributed by atoms with E-state index in [9.17, 15) is 33.6 Å². The first-order valence-electron chi connectivity index (χ1n) is 12.5. The molecule has 0 aromatic heterocycles. The van der Waals surface area contributed by atoms with Crippen molar-refractivity contribution in [2.45, 2.75) is 51.4 Å². The fraction of sp³-hybridized carbons (Fsp3) is 0.625. The Morgan fingerprint density at radius 3 is 1.84 bits per heavy atom. The number of hydrogen-bond acceptors (Lipinski definition) is 9. The number of thioether (sulfide) groups is 1. The van der Waals surface area contributed by atoms with Gasteiger partial charge >= 0.3 is 5.97 Å². The molecule has 4 N–H and O–H groups in total. The molecule has 0 saturated heterocycles. The minimum absolute atomic E-state index is 0.191. The summed E-state index contributed by atoms with van der Waals surface area (Å²) in [6.45, 7) is -0.528. The Hall–Kier alpha value is -3.42. The molecule has 0 radical (unpaired) electrons. The highest BCUT2D eigenvalue weighted by Gasteiger charge is 2.22. The van der Waals surface area contributed by atoms with Crippen LogP contribution < -0.4 is 21.3 Å². The molecule has 1 aliphatic rings. The SMILES string of the molecule is COC(=O)CCCCCSCNC(=O)CNC(=O)CNC(=O)CNC(=O)CCCCCN1C(=O)C=CC1=O. The summed E-state index contributed by atoms with van der Waals surface area (Å²) in [7, 11) is 1.36. The number of unbranched alkanes of at least 4 members (excludes halogenated alkanes) is 4. The van der Waals surface area contributed by atoms with Gasteiger partial charge in [0, 0.05) is 31.5 Å². The summed E-state index contributed by atoms with van der Waals surface area (Å²) in [4.78, 5) is 82.2. The molecule has 1 heterocycles. The molecular formula is C24H37N5O8S. The fourth-order valence-electron chi connectivity index (χ4n) is 3.15. The predicted molar refractivity (Wildman–Crippen MR) is 139 cm³/mol. The van der Waals surface area contributed by atoms with Crippen molar-refractivity contribution in [3.8, 4) is 0 Å². The number of methoxy groups -OCH3 is 1. The number of esters is 1. The van der Waals surface area contributed by atoms with Gasteiger partial charge in [-0.15, -0.1) is 11.8 Å². The first kappa shape index (κ1) is 32.6. The monoisotopic (exact) mass is 555 g/mol. The Balaban J connectivity index is 1.96. The van der Waals surface area contributed by atoms with Crippen molar-refractivity contribution in [2.75, 3.05) is 44.9 Å². The van der Waals surface area contributed by atoms with Gasteiger partial charge in [0.15, 0.2) is 0 Å². The zero-order valence-corrected chi connectivity index (χ0v) is 22.5. The maximum atomic E-state index is 11.8. The highest BCUT2D eigenvalue weighted by Crippen LogP contribution is 2.08. The summed E-state index contributed by atoms with van der Waals surface area (Å²) in [6, 6.07) is 0. The van der Waals surface area contributed by atoms with Crippen molar-refractivity contribution < 1.29 is 38.3 Å². The normalized spacial score (nSPS) is 12.3. The summed E-state index contributed by atoms with van der Waals surface area (Å²) < 4.78 is 4.57. The largest absolute Gasteiger partial charge is 0.469 e. The standard InChI is InChI=1S/C24H37N5O8S/c1-37-24(36)9-5-3-7-13-38-17-28-21(33)16-27-20(32)15-26-19(31)14-25-18(30)8-4-2-6-12-29-22(34)10-11-23(29)35/h10-11H,2-9,12-17H2,1H3,(H,25,30)(H,26,31)(H,27,32)(H,28,33). The molecule has 1 rings (SSSR count). The maximum Gasteiger partial charge on any atom is 0.305 e. The van der Waals surface area contributed by atoms with Crippen LogP contribution in [-0.2, 0) is 38.3 Å². The Morgan fingerprint density at radius 2 is 1.24 bits per heavy atom. The lowest BCUT2D eigenvalue weighted by Gasteiger charge is -2.13. The molecule has 0 unspecified atom stereocenters. The number of amides is 6. The number of nitrogens with one attached hydrogen (secondary N) is 4. The molecule has 6 amide bonds. The fourth-order valence-corrected chi connectivity index (χ4v) is 3.97. The second-order valence-corrected chi connectivity index (χ2v) is 9.45. The number of rotatable bonds is 20. The Bertz CT molecular complexity index is 862. The minimum atomic E-state index is -0.542. The smallest absolute Gasteiger partial charge is 0.305 e. The summed E-state index contributed by atoms with van der Waals surface area (Å²) in [5, 5.41) is 9.87. The van der Waals surface area contributed by atoms with Gasteiger partial charge in [0.1, 0.15) is 0 Å². The van der Waals surface area contributed by atoms with Gasteiger partial charge in [-0.1, -0.05) is 12.8 Å². The summed E-state index contributed by atoms with van der Waals surface area (Å²) in [6.07, 6.45) is 7.39. The third-order valence-corrected chi connectivity index (χ3v) is 6.22. The van der Waals surface area contributed by atoms with E-state index in [2.05, 4.69) is 26.0 Å². The molecule has 0 atom stereocenters. The third kappa shape index (κ3) is 15.6. The van der Waals surface area contributed by atoms with Gasteiger partial charge in [0.05, 0.1) is 32.6 Å². The number of nitrogens with zero attached hydrogens (tertiary/aromatic N) is 1. The predicted octanol–water partition coefficient (Wildman–Crippen LogP) is -0.639. The summed E-state index contributed by atoms with van der Waals surface area (Å²) in [5.74, 6) is -1.41. The second kappa shape index (κ2) is 19.7. The van der Waals surface area contributed by atoms with Gasteiger partial charge in [-0.05, 0) is 31.4 Å². The van der Waals surface area contributed by atoms with E-state index >= 15 is 0 Å². The summed E-state index contributed by atoms with van der Waals surface area (Å²) >= 11 is 1.53. The van der Waals surface area contributed by atoms with Crippen LogP contribution in [0.4, 0.5) is 0 Å². The number of imide groups is 1. The number of carbonyl (C=O) groups excluding carboxylic acids is 7. The van der Waals surface area contributed by atoms with Crippen LogP contribution in [0.2, 0.25) is 0 Å². The van der Waals surface area contributed by atoms with E-state index in [-0.39, 0.29) is 55.7 Å². The molecule has 14 heteroatoms. The molecule has 13 nitrogen and oxygen atoms in total. The van der Waals surface area contributed by atoms with Crippen molar-refractivity contribution in [3.05, 3.63) is 12.2 Å². The molecule has 0 aromatic carbocycles. The van der Waals surface area contributed by atoms with E-state index in [4.69, 9.17) is 0 Å². The molecular weight excluding hydrogens is 518 g/mol. The van der Waals surface area contributed by atoms with E-state index < -0.39 is 11.8 Å². The van der Waals surface area contributed by atoms with Crippen molar-refractivity contribution in [3.63, 3.8) is 0 Å². The summed E-state index contributed by atoms with van der Waals surface area (Å²) in [5.41, 5.74) is 0. The minimum Gasteiger partial charge on any atom is -0.469 e. The highest BCUT2D eigenvalue weighted by atomic mass is 32.2. The van der Waals surface area contributed by atoms with E-state index in [1.165, 1.54) is 31.0 Å². The first-order valence-corrected chi connectivity index (χ1v) is 13.6. The van der Waals surface area contributed by atoms with E-state index in [1.54, 1.807) is 0 Å². The van der Waals surface area contributed by atoms with E-state index in [0.717, 1.165) is 29.9 Å².